The van der Waals surface area contributed by atoms with Crippen LogP contribution in [0.1, 0.15) is 28.2 Å². The van der Waals surface area contributed by atoms with Crippen LogP contribution in [0.3, 0.4) is 0 Å². The van der Waals surface area contributed by atoms with E-state index in [4.69, 9.17) is 4.74 Å². The van der Waals surface area contributed by atoms with Gasteiger partial charge in [-0.2, -0.15) is 0 Å². The second-order valence-corrected chi connectivity index (χ2v) is 7.74. The first-order chi connectivity index (χ1) is 13.2. The number of carbonyl (C=O) groups is 1. The maximum absolute atomic E-state index is 13.1. The number of nitrogens with zero attached hydrogens (tertiary/aromatic N) is 3. The van der Waals surface area contributed by atoms with Crippen LogP contribution in [0, 0.1) is 0 Å². The highest BCUT2D eigenvalue weighted by Gasteiger charge is 2.24. The number of carbonyl (C=O) groups excluding carboxylic acids is 1. The number of benzene rings is 1. The molecule has 2 aromatic heterocycles. The molecule has 4 rings (SSSR count). The number of nitrogens with one attached hydrogen (secondary N) is 1. The maximum atomic E-state index is 13.1. The van der Waals surface area contributed by atoms with E-state index < -0.39 is 0 Å². The Balaban J connectivity index is 1.48. The minimum absolute atomic E-state index is 0.0266. The van der Waals surface area contributed by atoms with Crippen molar-refractivity contribution in [2.75, 3.05) is 26.8 Å². The number of thiazole rings is 1. The molecule has 1 unspecified atom stereocenters. The molecule has 1 aliphatic rings. The van der Waals surface area contributed by atoms with Crippen LogP contribution in [0.5, 0.6) is 0 Å². The van der Waals surface area contributed by atoms with Gasteiger partial charge in [-0.15, -0.1) is 11.3 Å². The highest BCUT2D eigenvalue weighted by Crippen LogP contribution is 2.19. The fraction of sp³-hybridized carbons (Fsp3) is 0.400. The Bertz CT molecular complexity index is 899. The van der Waals surface area contributed by atoms with Crippen LogP contribution in [0.4, 0.5) is 0 Å². The minimum Gasteiger partial charge on any atom is -0.380 e. The van der Waals surface area contributed by atoms with Crippen molar-refractivity contribution in [3.63, 3.8) is 0 Å². The van der Waals surface area contributed by atoms with E-state index in [1.165, 1.54) is 5.56 Å². The van der Waals surface area contributed by atoms with Gasteiger partial charge in [-0.1, -0.05) is 30.3 Å². The van der Waals surface area contributed by atoms with Gasteiger partial charge >= 0.3 is 0 Å². The third kappa shape index (κ3) is 4.05. The van der Waals surface area contributed by atoms with Crippen molar-refractivity contribution in [3.05, 3.63) is 58.9 Å². The fourth-order valence-corrected chi connectivity index (χ4v) is 4.07. The van der Waals surface area contributed by atoms with Crippen LogP contribution in [0.2, 0.25) is 0 Å². The fourth-order valence-electron chi connectivity index (χ4n) is 3.33. The van der Waals surface area contributed by atoms with Gasteiger partial charge in [0, 0.05) is 44.4 Å². The van der Waals surface area contributed by atoms with E-state index in [9.17, 15) is 4.79 Å². The molecule has 1 fully saturated rings. The normalized spacial score (nSPS) is 16.9. The van der Waals surface area contributed by atoms with Crippen molar-refractivity contribution in [1.82, 2.24) is 19.6 Å². The molecule has 1 amide bonds. The summed E-state index contributed by atoms with van der Waals surface area (Å²) in [7, 11) is 1.85. The molecule has 3 heterocycles. The average molecular weight is 385 g/mol. The molecule has 142 valence electrons. The van der Waals surface area contributed by atoms with Gasteiger partial charge < -0.3 is 15.0 Å². The number of aromatic nitrogens is 2. The van der Waals surface area contributed by atoms with Gasteiger partial charge in [0.1, 0.15) is 0 Å². The van der Waals surface area contributed by atoms with E-state index in [2.05, 4.69) is 22.4 Å². The van der Waals surface area contributed by atoms with Gasteiger partial charge in [0.25, 0.3) is 5.91 Å². The molecule has 0 aliphatic carbocycles. The predicted molar refractivity (Wildman–Crippen MR) is 106 cm³/mol. The topological polar surface area (TPSA) is 58.9 Å². The summed E-state index contributed by atoms with van der Waals surface area (Å²) >= 11 is 1.55. The summed E-state index contributed by atoms with van der Waals surface area (Å²) in [5, 5.41) is 5.50. The summed E-state index contributed by atoms with van der Waals surface area (Å²) in [5.41, 5.74) is 2.70. The second kappa shape index (κ2) is 8.21. The largest absolute Gasteiger partial charge is 0.380 e. The molecule has 6 nitrogen and oxygen atoms in total. The van der Waals surface area contributed by atoms with E-state index in [1.54, 1.807) is 16.2 Å². The first kappa shape index (κ1) is 18.2. The quantitative estimate of drug-likeness (QED) is 0.680. The van der Waals surface area contributed by atoms with E-state index in [0.717, 1.165) is 36.7 Å². The monoisotopic (exact) mass is 384 g/mol. The molecule has 1 aromatic carbocycles. The van der Waals surface area contributed by atoms with Gasteiger partial charge in [0.2, 0.25) is 0 Å². The van der Waals surface area contributed by atoms with Crippen LogP contribution >= 0.6 is 11.3 Å². The van der Waals surface area contributed by atoms with Crippen molar-refractivity contribution in [2.24, 2.45) is 0 Å². The Labute approximate surface area is 162 Å². The Hall–Kier alpha value is -2.22. The zero-order valence-electron chi connectivity index (χ0n) is 15.4. The summed E-state index contributed by atoms with van der Waals surface area (Å²) in [6, 6.07) is 10.6. The van der Waals surface area contributed by atoms with E-state index >= 15 is 0 Å². The van der Waals surface area contributed by atoms with Gasteiger partial charge in [0.05, 0.1) is 12.3 Å². The number of imidazole rings is 1. The van der Waals surface area contributed by atoms with Crippen molar-refractivity contribution in [1.29, 1.82) is 0 Å². The van der Waals surface area contributed by atoms with Crippen molar-refractivity contribution < 1.29 is 9.53 Å². The lowest BCUT2D eigenvalue weighted by atomic mass is 10.1. The molecule has 0 saturated carbocycles. The molecule has 0 bridgehead atoms. The summed E-state index contributed by atoms with van der Waals surface area (Å²) in [4.78, 5) is 20.3. The molecule has 0 spiro atoms. The highest BCUT2D eigenvalue weighted by atomic mass is 32.1. The van der Waals surface area contributed by atoms with Gasteiger partial charge in [-0.05, 0) is 18.4 Å². The first-order valence-corrected chi connectivity index (χ1v) is 10.2. The third-order valence-corrected chi connectivity index (χ3v) is 5.73. The third-order valence-electron chi connectivity index (χ3n) is 4.98. The number of likely N-dealkylation sites (N-methyl/N-ethyl adjacent to an activating group) is 1. The number of fused-ring (bicyclic) bond motifs is 1. The lowest BCUT2D eigenvalue weighted by Gasteiger charge is -2.17. The molecule has 1 saturated heterocycles. The van der Waals surface area contributed by atoms with Crippen LogP contribution in [0.25, 0.3) is 4.96 Å². The van der Waals surface area contributed by atoms with Crippen molar-refractivity contribution in [3.8, 4) is 0 Å². The number of amides is 1. The SMILES string of the molecule is CN(CCc1ccccc1)C(=O)c1nc2sccn2c1CNC1CCOC1. The lowest BCUT2D eigenvalue weighted by molar-refractivity contribution is 0.0790. The number of hydrogen-bond acceptors (Lipinski definition) is 5. The Morgan fingerprint density at radius 2 is 2.26 bits per heavy atom. The summed E-state index contributed by atoms with van der Waals surface area (Å²) < 4.78 is 7.45. The second-order valence-electron chi connectivity index (χ2n) is 6.87. The smallest absolute Gasteiger partial charge is 0.274 e. The minimum atomic E-state index is -0.0266. The average Bonchev–Trinajstić information content (AvgIpc) is 3.42. The van der Waals surface area contributed by atoms with Crippen LogP contribution < -0.4 is 5.32 Å². The number of rotatable bonds is 7. The first-order valence-electron chi connectivity index (χ1n) is 9.27. The van der Waals surface area contributed by atoms with E-state index in [1.807, 2.05) is 41.2 Å². The molecule has 1 aliphatic heterocycles. The van der Waals surface area contributed by atoms with Crippen LogP contribution in [-0.2, 0) is 17.7 Å². The highest BCUT2D eigenvalue weighted by molar-refractivity contribution is 7.15. The van der Waals surface area contributed by atoms with Crippen molar-refractivity contribution in [2.45, 2.75) is 25.4 Å². The molecular weight excluding hydrogens is 360 g/mol. The summed E-state index contributed by atoms with van der Waals surface area (Å²) in [6.07, 6.45) is 3.82. The molecule has 1 atom stereocenters. The molecule has 27 heavy (non-hydrogen) atoms. The molecular formula is C20H24N4O2S. The molecule has 1 N–H and O–H groups in total. The lowest BCUT2D eigenvalue weighted by Crippen LogP contribution is -2.32. The standard InChI is InChI=1S/C20H24N4O2S/c1-23(9-7-15-5-3-2-4-6-15)19(25)18-17(13-21-16-8-11-26-14-16)24-10-12-27-20(24)22-18/h2-6,10,12,16,21H,7-9,11,13-14H2,1H3. The number of hydrogen-bond donors (Lipinski definition) is 1. The zero-order chi connectivity index (χ0) is 18.6. The predicted octanol–water partition coefficient (Wildman–Crippen LogP) is 2.59. The Morgan fingerprint density at radius 1 is 1.41 bits per heavy atom. The van der Waals surface area contributed by atoms with E-state index in [0.29, 0.717) is 24.8 Å². The van der Waals surface area contributed by atoms with Gasteiger partial charge in [0.15, 0.2) is 10.7 Å². The Kier molecular flexibility index (Phi) is 5.52. The van der Waals surface area contributed by atoms with Gasteiger partial charge in [-0.25, -0.2) is 4.98 Å². The summed E-state index contributed by atoms with van der Waals surface area (Å²) in [6.45, 7) is 2.80. The molecule has 3 aromatic rings. The van der Waals surface area contributed by atoms with Crippen LogP contribution in [-0.4, -0.2) is 53.0 Å². The van der Waals surface area contributed by atoms with Gasteiger partial charge in [-0.3, -0.25) is 9.20 Å². The zero-order valence-corrected chi connectivity index (χ0v) is 16.2. The van der Waals surface area contributed by atoms with Crippen molar-refractivity contribution >= 4 is 22.2 Å². The molecule has 7 heteroatoms. The van der Waals surface area contributed by atoms with Crippen LogP contribution in [0.15, 0.2) is 41.9 Å². The van der Waals surface area contributed by atoms with E-state index in [-0.39, 0.29) is 5.91 Å². The summed E-state index contributed by atoms with van der Waals surface area (Å²) in [5.74, 6) is -0.0266. The molecule has 0 radical (unpaired) electrons. The Morgan fingerprint density at radius 3 is 3.04 bits per heavy atom. The number of ether oxygens (including phenoxy) is 1. The maximum Gasteiger partial charge on any atom is 0.274 e.